The van der Waals surface area contributed by atoms with Crippen LogP contribution in [0.15, 0.2) is 12.2 Å². The summed E-state index contributed by atoms with van der Waals surface area (Å²) in [6.07, 6.45) is 2.28. The van der Waals surface area contributed by atoms with Gasteiger partial charge in [0.15, 0.2) is 0 Å². The predicted molar refractivity (Wildman–Crippen MR) is 56.2 cm³/mol. The number of carboxylic acids is 1. The third-order valence-electron chi connectivity index (χ3n) is 2.93. The highest BCUT2D eigenvalue weighted by Gasteiger charge is 2.25. The topological polar surface area (TPSA) is 40.5 Å². The number of hydrogen-bond donors (Lipinski definition) is 1. The van der Waals surface area contributed by atoms with Gasteiger partial charge >= 0.3 is 5.97 Å². The molecule has 3 nitrogen and oxygen atoms in total. The molecule has 0 aromatic rings. The second-order valence-corrected chi connectivity index (χ2v) is 4.85. The standard InChI is InChI=1S/C11H19NO2/c1-9(10(13)14)8-12-6-4-11(2,3)5-7-12/h1,4-8H2,2-3H3,(H,13,14). The lowest BCUT2D eigenvalue weighted by Crippen LogP contribution is -2.38. The van der Waals surface area contributed by atoms with Crippen LogP contribution in [-0.4, -0.2) is 35.6 Å². The van der Waals surface area contributed by atoms with Crippen molar-refractivity contribution in [3.05, 3.63) is 12.2 Å². The van der Waals surface area contributed by atoms with Crippen molar-refractivity contribution >= 4 is 5.97 Å². The molecule has 0 aliphatic carbocycles. The van der Waals surface area contributed by atoms with Crippen LogP contribution in [0.25, 0.3) is 0 Å². The van der Waals surface area contributed by atoms with Gasteiger partial charge in [-0.1, -0.05) is 20.4 Å². The molecule has 3 heteroatoms. The highest BCUT2D eigenvalue weighted by atomic mass is 16.4. The number of carboxylic acid groups (broad SMARTS) is 1. The van der Waals surface area contributed by atoms with Crippen LogP contribution in [0.1, 0.15) is 26.7 Å². The average Bonchev–Trinajstić information content (AvgIpc) is 2.08. The van der Waals surface area contributed by atoms with Gasteiger partial charge in [0.05, 0.1) is 0 Å². The van der Waals surface area contributed by atoms with Crippen LogP contribution in [0.3, 0.4) is 0 Å². The van der Waals surface area contributed by atoms with Crippen LogP contribution in [-0.2, 0) is 4.79 Å². The lowest BCUT2D eigenvalue weighted by atomic mass is 9.82. The zero-order chi connectivity index (χ0) is 10.8. The van der Waals surface area contributed by atoms with Crippen LogP contribution in [0.5, 0.6) is 0 Å². The fourth-order valence-corrected chi connectivity index (χ4v) is 1.65. The molecule has 1 saturated heterocycles. The molecule has 14 heavy (non-hydrogen) atoms. The fraction of sp³-hybridized carbons (Fsp3) is 0.727. The normalized spacial score (nSPS) is 21.9. The fourth-order valence-electron chi connectivity index (χ4n) is 1.65. The summed E-state index contributed by atoms with van der Waals surface area (Å²) in [5, 5.41) is 8.69. The highest BCUT2D eigenvalue weighted by molar-refractivity contribution is 5.86. The highest BCUT2D eigenvalue weighted by Crippen LogP contribution is 2.29. The van der Waals surface area contributed by atoms with Gasteiger partial charge in [0, 0.05) is 12.1 Å². The summed E-state index contributed by atoms with van der Waals surface area (Å²) in [5.74, 6) is -0.880. The van der Waals surface area contributed by atoms with Crippen molar-refractivity contribution in [2.75, 3.05) is 19.6 Å². The number of nitrogens with zero attached hydrogens (tertiary/aromatic N) is 1. The van der Waals surface area contributed by atoms with Gasteiger partial charge in [0.2, 0.25) is 0 Å². The zero-order valence-corrected chi connectivity index (χ0v) is 9.05. The number of rotatable bonds is 3. The average molecular weight is 197 g/mol. The Morgan fingerprint density at radius 1 is 1.43 bits per heavy atom. The molecule has 1 aliphatic rings. The maximum atomic E-state index is 10.6. The Morgan fingerprint density at radius 2 is 1.93 bits per heavy atom. The molecule has 1 rings (SSSR count). The number of carbonyl (C=O) groups is 1. The molecule has 0 saturated carbocycles. The SMILES string of the molecule is C=C(CN1CCC(C)(C)CC1)C(=O)O. The van der Waals surface area contributed by atoms with E-state index in [4.69, 9.17) is 5.11 Å². The molecule has 1 N–H and O–H groups in total. The van der Waals surface area contributed by atoms with Crippen molar-refractivity contribution < 1.29 is 9.90 Å². The quantitative estimate of drug-likeness (QED) is 0.701. The summed E-state index contributed by atoms with van der Waals surface area (Å²) in [6, 6.07) is 0. The lowest BCUT2D eigenvalue weighted by Gasteiger charge is -2.36. The molecular formula is C11H19NO2. The largest absolute Gasteiger partial charge is 0.478 e. The van der Waals surface area contributed by atoms with Crippen molar-refractivity contribution in [2.24, 2.45) is 5.41 Å². The molecule has 0 spiro atoms. The second-order valence-electron chi connectivity index (χ2n) is 4.85. The van der Waals surface area contributed by atoms with Crippen molar-refractivity contribution in [1.29, 1.82) is 0 Å². The minimum atomic E-state index is -0.880. The predicted octanol–water partition coefficient (Wildman–Crippen LogP) is 1.75. The van der Waals surface area contributed by atoms with Crippen LogP contribution in [0.4, 0.5) is 0 Å². The molecule has 0 aromatic carbocycles. The first kappa shape index (κ1) is 11.2. The summed E-state index contributed by atoms with van der Waals surface area (Å²) >= 11 is 0. The van der Waals surface area contributed by atoms with E-state index < -0.39 is 5.97 Å². The molecule has 0 aromatic heterocycles. The number of aliphatic carboxylic acids is 1. The minimum Gasteiger partial charge on any atom is -0.478 e. The Balaban J connectivity index is 2.36. The van der Waals surface area contributed by atoms with Gasteiger partial charge in [0.25, 0.3) is 0 Å². The van der Waals surface area contributed by atoms with Crippen molar-refractivity contribution in [3.8, 4) is 0 Å². The Kier molecular flexibility index (Phi) is 3.32. The van der Waals surface area contributed by atoms with E-state index >= 15 is 0 Å². The monoisotopic (exact) mass is 197 g/mol. The summed E-state index contributed by atoms with van der Waals surface area (Å²) in [4.78, 5) is 12.7. The molecule has 0 bridgehead atoms. The zero-order valence-electron chi connectivity index (χ0n) is 9.05. The van der Waals surface area contributed by atoms with Crippen LogP contribution in [0, 0.1) is 5.41 Å². The Bertz CT molecular complexity index is 236. The van der Waals surface area contributed by atoms with E-state index in [-0.39, 0.29) is 0 Å². The van der Waals surface area contributed by atoms with E-state index in [0.29, 0.717) is 17.5 Å². The Morgan fingerprint density at radius 3 is 2.36 bits per heavy atom. The molecular weight excluding hydrogens is 178 g/mol. The molecule has 80 valence electrons. The Labute approximate surface area is 85.4 Å². The molecule has 1 heterocycles. The summed E-state index contributed by atoms with van der Waals surface area (Å²) in [5.41, 5.74) is 0.714. The summed E-state index contributed by atoms with van der Waals surface area (Å²) < 4.78 is 0. The van der Waals surface area contributed by atoms with Gasteiger partial charge in [0.1, 0.15) is 0 Å². The Hall–Kier alpha value is -0.830. The maximum absolute atomic E-state index is 10.6. The van der Waals surface area contributed by atoms with Crippen molar-refractivity contribution in [1.82, 2.24) is 4.90 Å². The first-order valence-corrected chi connectivity index (χ1v) is 5.04. The van der Waals surface area contributed by atoms with Crippen LogP contribution < -0.4 is 0 Å². The van der Waals surface area contributed by atoms with Crippen molar-refractivity contribution in [3.63, 3.8) is 0 Å². The van der Waals surface area contributed by atoms with Crippen LogP contribution >= 0.6 is 0 Å². The van der Waals surface area contributed by atoms with Gasteiger partial charge in [-0.2, -0.15) is 0 Å². The molecule has 0 atom stereocenters. The van der Waals surface area contributed by atoms with E-state index in [1.165, 1.54) is 0 Å². The van der Waals surface area contributed by atoms with Gasteiger partial charge in [-0.05, 0) is 31.3 Å². The first-order valence-electron chi connectivity index (χ1n) is 5.04. The number of likely N-dealkylation sites (tertiary alicyclic amines) is 1. The van der Waals surface area contributed by atoms with Gasteiger partial charge in [-0.25, -0.2) is 4.79 Å². The van der Waals surface area contributed by atoms with Gasteiger partial charge in [-0.15, -0.1) is 0 Å². The molecule has 0 radical (unpaired) electrons. The molecule has 1 aliphatic heterocycles. The summed E-state index contributed by atoms with van der Waals surface area (Å²) in [6.45, 7) is 10.5. The van der Waals surface area contributed by atoms with E-state index in [2.05, 4.69) is 25.3 Å². The number of piperidine rings is 1. The molecule has 0 unspecified atom stereocenters. The maximum Gasteiger partial charge on any atom is 0.332 e. The second kappa shape index (κ2) is 4.13. The molecule has 1 fully saturated rings. The number of hydrogen-bond acceptors (Lipinski definition) is 2. The smallest absolute Gasteiger partial charge is 0.332 e. The van der Waals surface area contributed by atoms with Gasteiger partial charge in [-0.3, -0.25) is 4.90 Å². The third-order valence-corrected chi connectivity index (χ3v) is 2.93. The van der Waals surface area contributed by atoms with E-state index in [1.807, 2.05) is 0 Å². The van der Waals surface area contributed by atoms with E-state index in [1.54, 1.807) is 0 Å². The lowest BCUT2D eigenvalue weighted by molar-refractivity contribution is -0.132. The van der Waals surface area contributed by atoms with E-state index in [9.17, 15) is 4.79 Å². The van der Waals surface area contributed by atoms with Gasteiger partial charge < -0.3 is 5.11 Å². The van der Waals surface area contributed by atoms with E-state index in [0.717, 1.165) is 25.9 Å². The van der Waals surface area contributed by atoms with Crippen LogP contribution in [0.2, 0.25) is 0 Å². The first-order chi connectivity index (χ1) is 6.41. The molecule has 0 amide bonds. The van der Waals surface area contributed by atoms with Crippen molar-refractivity contribution in [2.45, 2.75) is 26.7 Å². The minimum absolute atomic E-state index is 0.296. The summed E-state index contributed by atoms with van der Waals surface area (Å²) in [7, 11) is 0. The third kappa shape index (κ3) is 3.14.